The molecule has 0 heterocycles. The molecule has 0 bridgehead atoms. The summed E-state index contributed by atoms with van der Waals surface area (Å²) in [4.78, 5) is 13.3. The molecule has 17 heavy (non-hydrogen) atoms. The van der Waals surface area contributed by atoms with E-state index in [4.69, 9.17) is 0 Å². The second kappa shape index (κ2) is 5.41. The Balaban J connectivity index is 2.71. The van der Waals surface area contributed by atoms with Gasteiger partial charge in [-0.1, -0.05) is 40.5 Å². The van der Waals surface area contributed by atoms with E-state index in [9.17, 15) is 4.79 Å². The van der Waals surface area contributed by atoms with E-state index in [1.165, 1.54) is 25.7 Å². The van der Waals surface area contributed by atoms with Crippen LogP contribution in [0, 0.1) is 17.3 Å². The molecule has 2 heteroatoms. The summed E-state index contributed by atoms with van der Waals surface area (Å²) in [6.07, 6.45) is 4.90. The quantitative estimate of drug-likeness (QED) is 0.716. The minimum absolute atomic E-state index is 0.205. The van der Waals surface area contributed by atoms with Crippen molar-refractivity contribution in [1.82, 2.24) is 4.90 Å². The normalized spacial score (nSPS) is 31.5. The van der Waals surface area contributed by atoms with Crippen LogP contribution in [0.3, 0.4) is 0 Å². The number of amides is 1. The molecule has 100 valence electrons. The summed E-state index contributed by atoms with van der Waals surface area (Å²) in [7, 11) is 1.95. The van der Waals surface area contributed by atoms with Crippen molar-refractivity contribution in [2.75, 3.05) is 7.05 Å². The van der Waals surface area contributed by atoms with Gasteiger partial charge in [0.25, 0.3) is 0 Å². The highest BCUT2D eigenvalue weighted by molar-refractivity contribution is 5.73. The highest BCUT2D eigenvalue weighted by atomic mass is 16.2. The molecule has 1 saturated carbocycles. The number of hydrogen-bond donors (Lipinski definition) is 0. The van der Waals surface area contributed by atoms with Gasteiger partial charge in [-0.25, -0.2) is 0 Å². The fourth-order valence-electron chi connectivity index (χ4n) is 3.45. The molecular weight excluding hydrogens is 210 g/mol. The van der Waals surface area contributed by atoms with E-state index in [-0.39, 0.29) is 5.91 Å². The second-order valence-corrected chi connectivity index (χ2v) is 6.04. The van der Waals surface area contributed by atoms with Crippen molar-refractivity contribution in [3.05, 3.63) is 0 Å². The lowest BCUT2D eigenvalue weighted by Gasteiger charge is -2.57. The number of nitrogens with zero attached hydrogens (tertiary/aromatic N) is 1. The van der Waals surface area contributed by atoms with Crippen LogP contribution >= 0.6 is 0 Å². The summed E-state index contributed by atoms with van der Waals surface area (Å²) >= 11 is 0. The summed E-state index contributed by atoms with van der Waals surface area (Å²) in [5.41, 5.74) is 0.484. The number of carbonyl (C=O) groups is 1. The highest BCUT2D eigenvalue weighted by Gasteiger charge is 2.51. The molecule has 2 nitrogen and oxygen atoms in total. The maximum absolute atomic E-state index is 11.4. The first-order chi connectivity index (χ1) is 7.89. The molecule has 0 N–H and O–H groups in total. The number of rotatable bonds is 5. The summed E-state index contributed by atoms with van der Waals surface area (Å²) < 4.78 is 0. The van der Waals surface area contributed by atoms with Gasteiger partial charge in [0.15, 0.2) is 0 Å². The lowest BCUT2D eigenvalue weighted by molar-refractivity contribution is -0.139. The predicted molar refractivity (Wildman–Crippen MR) is 72.8 cm³/mol. The first-order valence-electron chi connectivity index (χ1n) is 7.12. The molecule has 0 aromatic heterocycles. The van der Waals surface area contributed by atoms with E-state index in [0.29, 0.717) is 11.5 Å². The van der Waals surface area contributed by atoms with Crippen molar-refractivity contribution >= 4 is 5.91 Å². The molecule has 0 aliphatic heterocycles. The zero-order valence-electron chi connectivity index (χ0n) is 12.4. The Morgan fingerprint density at radius 2 is 1.65 bits per heavy atom. The van der Waals surface area contributed by atoms with E-state index in [1.54, 1.807) is 6.92 Å². The third kappa shape index (κ3) is 2.51. The number of carbonyl (C=O) groups excluding carboxylic acids is 1. The summed E-state index contributed by atoms with van der Waals surface area (Å²) in [5.74, 6) is 1.75. The van der Waals surface area contributed by atoms with Crippen molar-refractivity contribution in [2.45, 2.75) is 66.3 Å². The largest absolute Gasteiger partial charge is 0.343 e. The summed E-state index contributed by atoms with van der Waals surface area (Å²) in [6, 6.07) is 0.482. The molecule has 0 spiro atoms. The molecule has 0 saturated heterocycles. The highest BCUT2D eigenvalue weighted by Crippen LogP contribution is 2.55. The SMILES string of the molecule is CCC(C)C1(C(C)CC)CC(N(C)C(C)=O)C1. The van der Waals surface area contributed by atoms with Crippen LogP contribution in [-0.4, -0.2) is 23.9 Å². The van der Waals surface area contributed by atoms with Gasteiger partial charge in [-0.3, -0.25) is 4.79 Å². The fourth-order valence-corrected chi connectivity index (χ4v) is 3.45. The van der Waals surface area contributed by atoms with Gasteiger partial charge in [-0.05, 0) is 30.1 Å². The molecule has 1 rings (SSSR count). The van der Waals surface area contributed by atoms with Crippen LogP contribution < -0.4 is 0 Å². The van der Waals surface area contributed by atoms with Gasteiger partial charge in [0.05, 0.1) is 0 Å². The predicted octanol–water partition coefficient (Wildman–Crippen LogP) is 3.71. The first-order valence-corrected chi connectivity index (χ1v) is 7.12. The Morgan fingerprint density at radius 1 is 1.24 bits per heavy atom. The van der Waals surface area contributed by atoms with Gasteiger partial charge in [0, 0.05) is 20.0 Å². The topological polar surface area (TPSA) is 20.3 Å². The molecule has 1 amide bonds. The monoisotopic (exact) mass is 239 g/mol. The van der Waals surface area contributed by atoms with Gasteiger partial charge < -0.3 is 4.90 Å². The summed E-state index contributed by atoms with van der Waals surface area (Å²) in [6.45, 7) is 11.0. The standard InChI is InChI=1S/C15H29NO/c1-7-11(3)15(12(4)8-2)9-14(10-15)16(6)13(5)17/h11-12,14H,7-10H2,1-6H3. The molecule has 0 radical (unpaired) electrons. The van der Waals surface area contributed by atoms with E-state index in [1.807, 2.05) is 11.9 Å². The fraction of sp³-hybridized carbons (Fsp3) is 0.933. The van der Waals surface area contributed by atoms with Crippen molar-refractivity contribution < 1.29 is 4.79 Å². The van der Waals surface area contributed by atoms with E-state index in [0.717, 1.165) is 11.8 Å². The third-order valence-corrected chi connectivity index (χ3v) is 5.46. The maximum atomic E-state index is 11.4. The molecule has 0 aromatic carbocycles. The number of hydrogen-bond acceptors (Lipinski definition) is 1. The van der Waals surface area contributed by atoms with Gasteiger partial charge in [-0.2, -0.15) is 0 Å². The Morgan fingerprint density at radius 3 is 1.94 bits per heavy atom. The molecule has 2 atom stereocenters. The summed E-state index contributed by atoms with van der Waals surface area (Å²) in [5, 5.41) is 0. The molecule has 1 aliphatic carbocycles. The van der Waals surface area contributed by atoms with E-state index >= 15 is 0 Å². The van der Waals surface area contributed by atoms with Crippen LogP contribution in [0.15, 0.2) is 0 Å². The van der Waals surface area contributed by atoms with Crippen molar-refractivity contribution in [1.29, 1.82) is 0 Å². The smallest absolute Gasteiger partial charge is 0.219 e. The maximum Gasteiger partial charge on any atom is 0.219 e. The second-order valence-electron chi connectivity index (χ2n) is 6.04. The Bertz CT molecular complexity index is 256. The zero-order valence-corrected chi connectivity index (χ0v) is 12.4. The van der Waals surface area contributed by atoms with Crippen LogP contribution in [0.2, 0.25) is 0 Å². The molecule has 0 aromatic rings. The van der Waals surface area contributed by atoms with Crippen molar-refractivity contribution in [3.63, 3.8) is 0 Å². The Hall–Kier alpha value is -0.530. The average molecular weight is 239 g/mol. The average Bonchev–Trinajstić information content (AvgIpc) is 2.26. The van der Waals surface area contributed by atoms with Crippen LogP contribution in [0.5, 0.6) is 0 Å². The lowest BCUT2D eigenvalue weighted by Crippen LogP contribution is -2.56. The minimum atomic E-state index is 0.205. The van der Waals surface area contributed by atoms with Gasteiger partial charge in [0.1, 0.15) is 0 Å². The first kappa shape index (κ1) is 14.5. The van der Waals surface area contributed by atoms with Gasteiger partial charge in [-0.15, -0.1) is 0 Å². The molecule has 1 aliphatic rings. The van der Waals surface area contributed by atoms with Crippen LogP contribution in [0.25, 0.3) is 0 Å². The Kier molecular flexibility index (Phi) is 4.62. The van der Waals surface area contributed by atoms with E-state index < -0.39 is 0 Å². The minimum Gasteiger partial charge on any atom is -0.343 e. The van der Waals surface area contributed by atoms with Crippen LogP contribution in [-0.2, 0) is 4.79 Å². The van der Waals surface area contributed by atoms with Crippen LogP contribution in [0.1, 0.15) is 60.3 Å². The van der Waals surface area contributed by atoms with Gasteiger partial charge >= 0.3 is 0 Å². The molecular formula is C15H29NO. The third-order valence-electron chi connectivity index (χ3n) is 5.46. The van der Waals surface area contributed by atoms with Crippen molar-refractivity contribution in [3.8, 4) is 0 Å². The molecule has 2 unspecified atom stereocenters. The molecule has 1 fully saturated rings. The zero-order chi connectivity index (χ0) is 13.2. The van der Waals surface area contributed by atoms with Gasteiger partial charge in [0.2, 0.25) is 5.91 Å². The Labute approximate surface area is 107 Å². The lowest BCUT2D eigenvalue weighted by atomic mass is 9.52. The van der Waals surface area contributed by atoms with Crippen molar-refractivity contribution in [2.24, 2.45) is 17.3 Å². The van der Waals surface area contributed by atoms with E-state index in [2.05, 4.69) is 27.7 Å². The van der Waals surface area contributed by atoms with Crippen LogP contribution in [0.4, 0.5) is 0 Å².